The summed E-state index contributed by atoms with van der Waals surface area (Å²) in [4.78, 5) is 30.5. The molecule has 1 aromatic rings. The van der Waals surface area contributed by atoms with Crippen LogP contribution < -0.4 is 0 Å². The molecule has 0 amide bonds. The van der Waals surface area contributed by atoms with Gasteiger partial charge in [-0.1, -0.05) is 34.1 Å². The van der Waals surface area contributed by atoms with E-state index in [1.807, 2.05) is 32.2 Å². The van der Waals surface area contributed by atoms with Gasteiger partial charge in [-0.2, -0.15) is 0 Å². The fraction of sp³-hybridized carbons (Fsp3) is 0.731. The number of ether oxygens (including phenoxy) is 2. The molecule has 3 heterocycles. The van der Waals surface area contributed by atoms with Crippen LogP contribution in [0.3, 0.4) is 0 Å². The van der Waals surface area contributed by atoms with Crippen molar-refractivity contribution in [1.29, 1.82) is 0 Å². The molecule has 34 heavy (non-hydrogen) atoms. The minimum absolute atomic E-state index is 0.00770. The lowest BCUT2D eigenvalue weighted by atomic mass is 9.73. The van der Waals surface area contributed by atoms with Gasteiger partial charge in [0.05, 0.1) is 47.0 Å². The summed E-state index contributed by atoms with van der Waals surface area (Å²) >= 11 is 1.56. The molecule has 2 fully saturated rings. The second kappa shape index (κ2) is 11.0. The zero-order valence-electron chi connectivity index (χ0n) is 21.1. The van der Waals surface area contributed by atoms with Gasteiger partial charge < -0.3 is 19.7 Å². The number of epoxide rings is 1. The van der Waals surface area contributed by atoms with Crippen molar-refractivity contribution in [3.8, 4) is 0 Å². The van der Waals surface area contributed by atoms with E-state index in [4.69, 9.17) is 9.47 Å². The zero-order chi connectivity index (χ0) is 25.2. The summed E-state index contributed by atoms with van der Waals surface area (Å²) in [5.41, 5.74) is 0.494. The molecule has 7 atom stereocenters. The number of ketones is 1. The van der Waals surface area contributed by atoms with Gasteiger partial charge >= 0.3 is 5.97 Å². The molecule has 0 radical (unpaired) electrons. The number of aromatic nitrogens is 1. The van der Waals surface area contributed by atoms with Crippen molar-refractivity contribution in [2.24, 2.45) is 17.3 Å². The first-order chi connectivity index (χ1) is 15.9. The molecule has 2 aliphatic heterocycles. The average Bonchev–Trinajstić information content (AvgIpc) is 3.38. The third kappa shape index (κ3) is 6.53. The number of aryl methyl sites for hydroxylation is 1. The summed E-state index contributed by atoms with van der Waals surface area (Å²) in [5.74, 6) is -1.52. The molecule has 7 nitrogen and oxygen atoms in total. The molecule has 0 aromatic carbocycles. The van der Waals surface area contributed by atoms with Gasteiger partial charge in [0.15, 0.2) is 0 Å². The average molecular weight is 494 g/mol. The van der Waals surface area contributed by atoms with E-state index in [2.05, 4.69) is 4.98 Å². The van der Waals surface area contributed by atoms with Gasteiger partial charge in [0.1, 0.15) is 11.9 Å². The molecule has 2 N–H and O–H groups in total. The monoisotopic (exact) mass is 493 g/mol. The first kappa shape index (κ1) is 27.0. The highest BCUT2D eigenvalue weighted by atomic mass is 32.1. The van der Waals surface area contributed by atoms with Crippen molar-refractivity contribution in [3.05, 3.63) is 21.7 Å². The van der Waals surface area contributed by atoms with Crippen molar-refractivity contribution >= 4 is 29.2 Å². The van der Waals surface area contributed by atoms with Gasteiger partial charge in [0.25, 0.3) is 0 Å². The lowest BCUT2D eigenvalue weighted by Crippen LogP contribution is -2.45. The molecule has 2 saturated heterocycles. The molecular weight excluding hydrogens is 454 g/mol. The summed E-state index contributed by atoms with van der Waals surface area (Å²) in [6.07, 6.45) is 2.28. The summed E-state index contributed by atoms with van der Waals surface area (Å²) in [7, 11) is 0. The molecule has 0 aliphatic carbocycles. The van der Waals surface area contributed by atoms with E-state index in [9.17, 15) is 19.8 Å². The number of thiazole rings is 1. The molecule has 2 aliphatic rings. The lowest BCUT2D eigenvalue weighted by Gasteiger charge is -2.34. The molecule has 0 bridgehead atoms. The van der Waals surface area contributed by atoms with Crippen LogP contribution in [0.2, 0.25) is 0 Å². The van der Waals surface area contributed by atoms with Gasteiger partial charge in [-0.15, -0.1) is 11.3 Å². The molecule has 0 saturated carbocycles. The summed E-state index contributed by atoms with van der Waals surface area (Å²) in [6, 6.07) is 0. The van der Waals surface area contributed by atoms with Crippen molar-refractivity contribution in [2.45, 2.75) is 104 Å². The van der Waals surface area contributed by atoms with Crippen molar-refractivity contribution < 1.29 is 29.3 Å². The van der Waals surface area contributed by atoms with Crippen molar-refractivity contribution in [1.82, 2.24) is 4.98 Å². The molecule has 3 rings (SSSR count). The Morgan fingerprint density at radius 3 is 2.56 bits per heavy atom. The number of cyclic esters (lactones) is 1. The van der Waals surface area contributed by atoms with Crippen LogP contribution in [0.4, 0.5) is 0 Å². The second-order valence-corrected chi connectivity index (χ2v) is 11.7. The van der Waals surface area contributed by atoms with Gasteiger partial charge in [0.2, 0.25) is 0 Å². The van der Waals surface area contributed by atoms with Crippen LogP contribution in [-0.4, -0.2) is 57.5 Å². The number of Topliss-reactive ketones (excluding diaryl/α,β-unsaturated/α-hetero) is 1. The van der Waals surface area contributed by atoms with Crippen LogP contribution in [0, 0.1) is 24.2 Å². The maximum absolute atomic E-state index is 13.2. The van der Waals surface area contributed by atoms with Gasteiger partial charge in [0, 0.05) is 17.7 Å². The van der Waals surface area contributed by atoms with Gasteiger partial charge in [-0.3, -0.25) is 9.59 Å². The molecule has 0 unspecified atom stereocenters. The number of aliphatic hydroxyl groups is 2. The number of fused-ring (bicyclic) bond motifs is 1. The van der Waals surface area contributed by atoms with Gasteiger partial charge in [-0.25, -0.2) is 4.98 Å². The third-order valence-corrected chi connectivity index (χ3v) is 8.20. The first-order valence-corrected chi connectivity index (χ1v) is 13.1. The number of rotatable bonds is 2. The number of hydrogen-bond acceptors (Lipinski definition) is 8. The Morgan fingerprint density at radius 1 is 1.21 bits per heavy atom. The Labute approximate surface area is 206 Å². The van der Waals surface area contributed by atoms with Crippen LogP contribution in [-0.2, 0) is 19.1 Å². The van der Waals surface area contributed by atoms with E-state index >= 15 is 0 Å². The van der Waals surface area contributed by atoms with E-state index in [1.165, 1.54) is 0 Å². The van der Waals surface area contributed by atoms with E-state index in [-0.39, 0.29) is 30.3 Å². The van der Waals surface area contributed by atoms with Gasteiger partial charge in [-0.05, 0) is 44.3 Å². The van der Waals surface area contributed by atoms with E-state index in [0.717, 1.165) is 35.5 Å². The van der Waals surface area contributed by atoms with E-state index < -0.39 is 35.6 Å². The Kier molecular flexibility index (Phi) is 8.71. The summed E-state index contributed by atoms with van der Waals surface area (Å²) < 4.78 is 11.7. The summed E-state index contributed by atoms with van der Waals surface area (Å²) in [6.45, 7) is 10.8. The molecule has 190 valence electrons. The minimum atomic E-state index is -1.22. The number of carbonyl (C=O) groups is 2. The van der Waals surface area contributed by atoms with Crippen LogP contribution in [0.5, 0.6) is 0 Å². The normalized spacial score (nSPS) is 36.0. The standard InChI is InChI=1S/C26H39NO6S/c1-14-8-7-9-19-21(32-19)11-20(15(2)10-18-13-34-17(4)27-18)33-23(29)12-22(28)26(5,6)25(31)16(3)24(14)30/h10,13-14,16,19-22,24,28,30H,7-9,11-12H2,1-6H3/t14-,16+,19+,20-,21+,22-,24+/m0/s1. The van der Waals surface area contributed by atoms with Crippen LogP contribution in [0.1, 0.15) is 77.4 Å². The number of esters is 1. The predicted octanol–water partition coefficient (Wildman–Crippen LogP) is 4.09. The maximum atomic E-state index is 13.2. The molecule has 0 spiro atoms. The zero-order valence-corrected chi connectivity index (χ0v) is 21.9. The lowest BCUT2D eigenvalue weighted by molar-refractivity contribution is -0.154. The minimum Gasteiger partial charge on any atom is -0.458 e. The van der Waals surface area contributed by atoms with E-state index in [0.29, 0.717) is 6.42 Å². The Bertz CT molecular complexity index is 909. The third-order valence-electron chi connectivity index (χ3n) is 7.41. The number of nitrogens with zero attached hydrogens (tertiary/aromatic N) is 1. The SMILES string of the molecule is CC(=Cc1csc(C)n1)[C@@H]1C[C@H]2O[C@@H]2CCC[C@H](C)[C@@H](O)[C@@H](C)C(=O)C(C)(C)[C@@H](O)CC(=O)O1. The number of carbonyl (C=O) groups excluding carboxylic acids is 2. The Balaban J connectivity index is 1.81. The van der Waals surface area contributed by atoms with E-state index in [1.54, 1.807) is 32.1 Å². The van der Waals surface area contributed by atoms with Crippen LogP contribution in [0.15, 0.2) is 11.0 Å². The Morgan fingerprint density at radius 2 is 1.91 bits per heavy atom. The smallest absolute Gasteiger partial charge is 0.309 e. The fourth-order valence-electron chi connectivity index (χ4n) is 4.78. The Hall–Kier alpha value is -1.61. The highest BCUT2D eigenvalue weighted by molar-refractivity contribution is 7.09. The number of aliphatic hydroxyl groups excluding tert-OH is 2. The largest absolute Gasteiger partial charge is 0.458 e. The quantitative estimate of drug-likeness (QED) is 0.472. The number of hydrogen-bond donors (Lipinski definition) is 2. The molecule has 1 aromatic heterocycles. The first-order valence-electron chi connectivity index (χ1n) is 12.3. The highest BCUT2D eigenvalue weighted by Gasteiger charge is 2.44. The molecular formula is C26H39NO6S. The van der Waals surface area contributed by atoms with Crippen molar-refractivity contribution in [3.63, 3.8) is 0 Å². The van der Waals surface area contributed by atoms with Crippen molar-refractivity contribution in [2.75, 3.05) is 0 Å². The maximum Gasteiger partial charge on any atom is 0.309 e. The van der Waals surface area contributed by atoms with Crippen LogP contribution in [0.25, 0.3) is 6.08 Å². The fourth-order valence-corrected chi connectivity index (χ4v) is 5.35. The topological polar surface area (TPSA) is 109 Å². The summed E-state index contributed by atoms with van der Waals surface area (Å²) in [5, 5.41) is 24.5. The predicted molar refractivity (Wildman–Crippen MR) is 131 cm³/mol. The molecule has 8 heteroatoms. The van der Waals surface area contributed by atoms with Crippen LogP contribution >= 0.6 is 11.3 Å². The highest BCUT2D eigenvalue weighted by Crippen LogP contribution is 2.36. The second-order valence-electron chi connectivity index (χ2n) is 10.6.